The molecule has 1 atom stereocenters. The molecule has 0 spiro atoms. The van der Waals surface area contributed by atoms with Gasteiger partial charge in [-0.25, -0.2) is 0 Å². The van der Waals surface area contributed by atoms with Crippen molar-refractivity contribution in [2.45, 2.75) is 6.04 Å². The van der Waals surface area contributed by atoms with E-state index in [1.54, 1.807) is 43.5 Å². The van der Waals surface area contributed by atoms with Gasteiger partial charge in [0, 0.05) is 31.6 Å². The summed E-state index contributed by atoms with van der Waals surface area (Å²) in [5.41, 5.74) is 1.17. The number of ketones is 1. The number of hydrogen-bond donors (Lipinski definition) is 1. The van der Waals surface area contributed by atoms with Gasteiger partial charge in [0.15, 0.2) is 0 Å². The van der Waals surface area contributed by atoms with E-state index >= 15 is 0 Å². The molecule has 1 N–H and O–H groups in total. The van der Waals surface area contributed by atoms with Crippen LogP contribution in [0.25, 0.3) is 5.76 Å². The Morgan fingerprint density at radius 2 is 1.78 bits per heavy atom. The van der Waals surface area contributed by atoms with Crippen LogP contribution >= 0.6 is 0 Å². The number of Topliss-reactive ketones (excluding diaryl/α,β-unsaturated/α-hetero) is 1. The third-order valence-corrected chi connectivity index (χ3v) is 4.46. The minimum absolute atomic E-state index is 0.0486. The van der Waals surface area contributed by atoms with Gasteiger partial charge in [0.05, 0.1) is 25.3 Å². The summed E-state index contributed by atoms with van der Waals surface area (Å²) in [6.07, 6.45) is 3.02. The molecule has 27 heavy (non-hydrogen) atoms. The monoisotopic (exact) mass is 368 g/mol. The Labute approximate surface area is 156 Å². The first-order valence-corrected chi connectivity index (χ1v) is 8.40. The number of aliphatic hydroxyl groups is 1. The quantitative estimate of drug-likeness (QED) is 0.477. The highest BCUT2D eigenvalue weighted by Crippen LogP contribution is 2.39. The van der Waals surface area contributed by atoms with E-state index in [1.165, 1.54) is 24.4 Å². The van der Waals surface area contributed by atoms with Crippen molar-refractivity contribution in [3.8, 4) is 5.75 Å². The zero-order chi connectivity index (χ0) is 19.4. The second kappa shape index (κ2) is 8.01. The van der Waals surface area contributed by atoms with E-state index in [2.05, 4.69) is 4.98 Å². The number of aromatic nitrogens is 1. The Morgan fingerprint density at radius 3 is 2.37 bits per heavy atom. The second-order valence-corrected chi connectivity index (χ2v) is 5.99. The number of benzene rings is 1. The van der Waals surface area contributed by atoms with E-state index in [4.69, 9.17) is 9.47 Å². The maximum atomic E-state index is 12.7. The number of pyridine rings is 1. The van der Waals surface area contributed by atoms with Crippen molar-refractivity contribution in [1.29, 1.82) is 0 Å². The second-order valence-electron chi connectivity index (χ2n) is 5.99. The third kappa shape index (κ3) is 3.54. The van der Waals surface area contributed by atoms with Crippen LogP contribution in [0.1, 0.15) is 17.2 Å². The lowest BCUT2D eigenvalue weighted by atomic mass is 9.95. The van der Waals surface area contributed by atoms with Gasteiger partial charge in [0.25, 0.3) is 11.7 Å². The lowest BCUT2D eigenvalue weighted by Crippen LogP contribution is -2.32. The number of amides is 1. The lowest BCUT2D eigenvalue weighted by Gasteiger charge is -2.25. The van der Waals surface area contributed by atoms with Crippen LogP contribution in [0.15, 0.2) is 54.4 Å². The van der Waals surface area contributed by atoms with Gasteiger partial charge in [-0.2, -0.15) is 0 Å². The van der Waals surface area contributed by atoms with Crippen LogP contribution in [0.3, 0.4) is 0 Å². The zero-order valence-electron chi connectivity index (χ0n) is 15.1. The molecule has 1 aromatic heterocycles. The van der Waals surface area contributed by atoms with Crippen LogP contribution in [0.4, 0.5) is 0 Å². The molecule has 1 aromatic carbocycles. The van der Waals surface area contributed by atoms with Gasteiger partial charge < -0.3 is 19.5 Å². The van der Waals surface area contributed by atoms with Crippen molar-refractivity contribution in [2.24, 2.45) is 0 Å². The number of hydrogen-bond acceptors (Lipinski definition) is 6. The first kappa shape index (κ1) is 18.6. The zero-order valence-corrected chi connectivity index (χ0v) is 15.1. The van der Waals surface area contributed by atoms with Crippen LogP contribution in [0.2, 0.25) is 0 Å². The molecule has 7 nitrogen and oxygen atoms in total. The van der Waals surface area contributed by atoms with E-state index in [1.807, 2.05) is 0 Å². The number of methoxy groups -OCH3 is 2. The molecule has 2 heterocycles. The number of likely N-dealkylation sites (tertiary alicyclic amines) is 1. The van der Waals surface area contributed by atoms with Crippen molar-refractivity contribution >= 4 is 17.4 Å². The van der Waals surface area contributed by atoms with E-state index in [-0.39, 0.29) is 24.5 Å². The molecule has 2 aromatic rings. The van der Waals surface area contributed by atoms with Crippen molar-refractivity contribution in [2.75, 3.05) is 27.4 Å². The molecule has 1 fully saturated rings. The van der Waals surface area contributed by atoms with E-state index < -0.39 is 17.7 Å². The lowest BCUT2D eigenvalue weighted by molar-refractivity contribution is -0.140. The van der Waals surface area contributed by atoms with Gasteiger partial charge in [-0.15, -0.1) is 0 Å². The fraction of sp³-hybridized carbons (Fsp3) is 0.250. The summed E-state index contributed by atoms with van der Waals surface area (Å²) in [5, 5.41) is 10.8. The van der Waals surface area contributed by atoms with Crippen molar-refractivity contribution in [3.63, 3.8) is 0 Å². The molecule has 3 rings (SSSR count). The Kier molecular flexibility index (Phi) is 5.52. The van der Waals surface area contributed by atoms with Crippen molar-refractivity contribution in [3.05, 3.63) is 65.5 Å². The molecule has 0 radical (unpaired) electrons. The van der Waals surface area contributed by atoms with E-state index in [9.17, 15) is 14.7 Å². The highest BCUT2D eigenvalue weighted by molar-refractivity contribution is 6.46. The molecule has 1 unspecified atom stereocenters. The van der Waals surface area contributed by atoms with Crippen LogP contribution in [-0.4, -0.2) is 54.1 Å². The Balaban J connectivity index is 2.13. The summed E-state index contributed by atoms with van der Waals surface area (Å²) < 4.78 is 10.3. The number of carbonyl (C=O) groups is 2. The molecule has 140 valence electrons. The van der Waals surface area contributed by atoms with Gasteiger partial charge in [0.1, 0.15) is 11.5 Å². The Bertz CT molecular complexity index is 862. The number of ether oxygens (including phenoxy) is 2. The summed E-state index contributed by atoms with van der Waals surface area (Å²) in [4.78, 5) is 30.6. The van der Waals surface area contributed by atoms with Crippen molar-refractivity contribution in [1.82, 2.24) is 9.88 Å². The fourth-order valence-electron chi connectivity index (χ4n) is 3.10. The van der Waals surface area contributed by atoms with Crippen LogP contribution < -0.4 is 4.74 Å². The van der Waals surface area contributed by atoms with Gasteiger partial charge in [0.2, 0.25) is 0 Å². The predicted molar refractivity (Wildman–Crippen MR) is 98.1 cm³/mol. The minimum atomic E-state index is -0.721. The molecule has 1 saturated heterocycles. The maximum Gasteiger partial charge on any atom is 0.295 e. The number of nitrogens with zero attached hydrogens (tertiary/aromatic N) is 2. The van der Waals surface area contributed by atoms with E-state index in [0.717, 1.165) is 0 Å². The average Bonchev–Trinajstić information content (AvgIpc) is 2.97. The van der Waals surface area contributed by atoms with Gasteiger partial charge in [-0.05, 0) is 29.8 Å². The summed E-state index contributed by atoms with van der Waals surface area (Å²) in [7, 11) is 3.08. The standard InChI is InChI=1S/C20H20N2O5/c1-26-12-11-22-17(13-3-5-15(27-2)6-4-13)16(19(24)20(22)25)18(23)14-7-9-21-10-8-14/h3-10,17,23H,11-12H2,1-2H3/b18-16-. The SMILES string of the molecule is COCCN1C(=O)C(=O)/C(=C(\O)c2ccncc2)C1c1ccc(OC)cc1. The molecule has 0 bridgehead atoms. The van der Waals surface area contributed by atoms with Crippen LogP contribution in [0, 0.1) is 0 Å². The normalized spacial score (nSPS) is 18.7. The minimum Gasteiger partial charge on any atom is -0.507 e. The fourth-order valence-corrected chi connectivity index (χ4v) is 3.10. The summed E-state index contributed by atoms with van der Waals surface area (Å²) >= 11 is 0. The molecule has 0 saturated carbocycles. The topological polar surface area (TPSA) is 89.0 Å². The first-order chi connectivity index (χ1) is 13.1. The van der Waals surface area contributed by atoms with E-state index in [0.29, 0.717) is 16.9 Å². The van der Waals surface area contributed by atoms with Gasteiger partial charge in [-0.1, -0.05) is 12.1 Å². The first-order valence-electron chi connectivity index (χ1n) is 8.40. The number of aliphatic hydroxyl groups excluding tert-OH is 1. The molecular formula is C20H20N2O5. The van der Waals surface area contributed by atoms with Crippen molar-refractivity contribution < 1.29 is 24.2 Å². The number of carbonyl (C=O) groups excluding carboxylic acids is 2. The smallest absolute Gasteiger partial charge is 0.295 e. The highest BCUT2D eigenvalue weighted by atomic mass is 16.5. The van der Waals surface area contributed by atoms with Crippen LogP contribution in [-0.2, 0) is 14.3 Å². The molecular weight excluding hydrogens is 348 g/mol. The molecule has 1 amide bonds. The summed E-state index contributed by atoms with van der Waals surface area (Å²) in [5.74, 6) is -0.956. The largest absolute Gasteiger partial charge is 0.507 e. The van der Waals surface area contributed by atoms with Gasteiger partial charge in [-0.3, -0.25) is 14.6 Å². The molecule has 1 aliphatic heterocycles. The summed E-state index contributed by atoms with van der Waals surface area (Å²) in [6.45, 7) is 0.500. The number of rotatable bonds is 6. The maximum absolute atomic E-state index is 12.7. The summed E-state index contributed by atoms with van der Waals surface area (Å²) in [6, 6.07) is 9.51. The Morgan fingerprint density at radius 1 is 1.11 bits per heavy atom. The van der Waals surface area contributed by atoms with Gasteiger partial charge >= 0.3 is 0 Å². The average molecular weight is 368 g/mol. The molecule has 1 aliphatic rings. The third-order valence-electron chi connectivity index (χ3n) is 4.46. The predicted octanol–water partition coefficient (Wildman–Crippen LogP) is 2.16. The highest BCUT2D eigenvalue weighted by Gasteiger charge is 2.45. The molecule has 0 aliphatic carbocycles. The molecule has 7 heteroatoms. The Hall–Kier alpha value is -3.19. The van der Waals surface area contributed by atoms with Crippen LogP contribution in [0.5, 0.6) is 5.75 Å².